The van der Waals surface area contributed by atoms with Gasteiger partial charge in [-0.2, -0.15) is 0 Å². The Balaban J connectivity index is 2.18. The van der Waals surface area contributed by atoms with Gasteiger partial charge in [-0.1, -0.05) is 23.7 Å². The van der Waals surface area contributed by atoms with Gasteiger partial charge in [0.1, 0.15) is 0 Å². The van der Waals surface area contributed by atoms with E-state index in [2.05, 4.69) is 23.5 Å². The molecule has 17 heavy (non-hydrogen) atoms. The van der Waals surface area contributed by atoms with Gasteiger partial charge in [0.15, 0.2) is 0 Å². The molecule has 1 unspecified atom stereocenters. The van der Waals surface area contributed by atoms with Crippen LogP contribution in [-0.2, 0) is 4.74 Å². The predicted octanol–water partition coefficient (Wildman–Crippen LogP) is 3.34. The maximum atomic E-state index is 6.20. The largest absolute Gasteiger partial charge is 0.381 e. The van der Waals surface area contributed by atoms with Gasteiger partial charge in [-0.15, -0.1) is 0 Å². The van der Waals surface area contributed by atoms with Crippen LogP contribution in [0.5, 0.6) is 0 Å². The van der Waals surface area contributed by atoms with E-state index in [0.717, 1.165) is 36.6 Å². The van der Waals surface area contributed by atoms with Gasteiger partial charge in [-0.25, -0.2) is 0 Å². The number of halogens is 1. The van der Waals surface area contributed by atoms with Crippen LogP contribution >= 0.6 is 11.6 Å². The molecular weight excluding hydrogens is 234 g/mol. The zero-order valence-electron chi connectivity index (χ0n) is 10.5. The highest BCUT2D eigenvalue weighted by molar-refractivity contribution is 6.31. The quantitative estimate of drug-likeness (QED) is 0.892. The van der Waals surface area contributed by atoms with E-state index in [4.69, 9.17) is 16.3 Å². The Hall–Kier alpha value is -0.570. The molecule has 3 heteroatoms. The summed E-state index contributed by atoms with van der Waals surface area (Å²) in [6.45, 7) is 3.79. The van der Waals surface area contributed by atoms with E-state index >= 15 is 0 Å². The first-order valence-electron chi connectivity index (χ1n) is 6.23. The van der Waals surface area contributed by atoms with Crippen LogP contribution in [0.25, 0.3) is 0 Å². The molecule has 2 rings (SSSR count). The van der Waals surface area contributed by atoms with Gasteiger partial charge in [0, 0.05) is 24.3 Å². The number of hydrogen-bond donors (Lipinski definition) is 1. The van der Waals surface area contributed by atoms with Crippen molar-refractivity contribution >= 4 is 11.6 Å². The van der Waals surface area contributed by atoms with Crippen LogP contribution in [0.3, 0.4) is 0 Å². The highest BCUT2D eigenvalue weighted by atomic mass is 35.5. The zero-order valence-corrected chi connectivity index (χ0v) is 11.3. The third-order valence-electron chi connectivity index (χ3n) is 3.60. The molecule has 1 aromatic carbocycles. The molecule has 1 aromatic rings. The third kappa shape index (κ3) is 3.01. The summed E-state index contributed by atoms with van der Waals surface area (Å²) in [6.07, 6.45) is 2.24. The number of aryl methyl sites for hydroxylation is 1. The Labute approximate surface area is 108 Å². The monoisotopic (exact) mass is 253 g/mol. The molecule has 2 nitrogen and oxygen atoms in total. The van der Waals surface area contributed by atoms with Crippen LogP contribution < -0.4 is 5.32 Å². The Morgan fingerprint density at radius 1 is 1.35 bits per heavy atom. The molecule has 0 aliphatic carbocycles. The molecule has 0 saturated carbocycles. The fourth-order valence-corrected chi connectivity index (χ4v) is 2.72. The van der Waals surface area contributed by atoms with Crippen molar-refractivity contribution in [3.8, 4) is 0 Å². The molecule has 1 fully saturated rings. The van der Waals surface area contributed by atoms with Crippen molar-refractivity contribution in [2.75, 3.05) is 20.3 Å². The van der Waals surface area contributed by atoms with Gasteiger partial charge in [-0.3, -0.25) is 0 Å². The van der Waals surface area contributed by atoms with Crippen LogP contribution in [0.2, 0.25) is 5.02 Å². The molecule has 1 N–H and O–H groups in total. The number of rotatable bonds is 3. The number of nitrogens with one attached hydrogen (secondary N) is 1. The standard InChI is InChI=1S/C14H20ClNO/c1-10-3-4-12(9-13(10)15)14(16-2)11-5-7-17-8-6-11/h3-4,9,11,14,16H,5-8H2,1-2H3. The van der Waals surface area contributed by atoms with Crippen molar-refractivity contribution < 1.29 is 4.74 Å². The van der Waals surface area contributed by atoms with Crippen molar-refractivity contribution in [2.45, 2.75) is 25.8 Å². The Morgan fingerprint density at radius 3 is 2.65 bits per heavy atom. The Bertz CT molecular complexity index is 374. The second-order valence-corrected chi connectivity index (χ2v) is 5.13. The lowest BCUT2D eigenvalue weighted by Crippen LogP contribution is -2.30. The number of hydrogen-bond acceptors (Lipinski definition) is 2. The van der Waals surface area contributed by atoms with Crippen LogP contribution in [0, 0.1) is 12.8 Å². The minimum absolute atomic E-state index is 0.386. The molecule has 1 atom stereocenters. The zero-order chi connectivity index (χ0) is 12.3. The summed E-state index contributed by atoms with van der Waals surface area (Å²) >= 11 is 6.20. The molecule has 1 aliphatic rings. The first-order chi connectivity index (χ1) is 8.22. The summed E-state index contributed by atoms with van der Waals surface area (Å²) in [5.74, 6) is 0.646. The molecule has 94 valence electrons. The average molecular weight is 254 g/mol. The first kappa shape index (κ1) is 12.9. The van der Waals surface area contributed by atoms with Gasteiger partial charge in [-0.05, 0) is 49.9 Å². The normalized spacial score (nSPS) is 19.2. The van der Waals surface area contributed by atoms with E-state index in [1.54, 1.807) is 0 Å². The molecule has 0 aromatic heterocycles. The van der Waals surface area contributed by atoms with Crippen LogP contribution in [0.4, 0.5) is 0 Å². The molecule has 0 spiro atoms. The van der Waals surface area contributed by atoms with E-state index in [1.165, 1.54) is 5.56 Å². The van der Waals surface area contributed by atoms with Gasteiger partial charge in [0.05, 0.1) is 0 Å². The van der Waals surface area contributed by atoms with E-state index in [-0.39, 0.29) is 0 Å². The topological polar surface area (TPSA) is 21.3 Å². The van der Waals surface area contributed by atoms with Gasteiger partial charge in [0.2, 0.25) is 0 Å². The molecule has 0 radical (unpaired) electrons. The van der Waals surface area contributed by atoms with Crippen molar-refractivity contribution in [3.63, 3.8) is 0 Å². The Kier molecular flexibility index (Phi) is 4.43. The lowest BCUT2D eigenvalue weighted by atomic mass is 9.87. The highest BCUT2D eigenvalue weighted by Gasteiger charge is 2.24. The molecule has 1 aliphatic heterocycles. The minimum Gasteiger partial charge on any atom is -0.381 e. The second kappa shape index (κ2) is 5.85. The van der Waals surface area contributed by atoms with E-state index in [1.807, 2.05) is 14.0 Å². The number of benzene rings is 1. The average Bonchev–Trinajstić information content (AvgIpc) is 2.36. The SMILES string of the molecule is CNC(c1ccc(C)c(Cl)c1)C1CCOCC1. The summed E-state index contributed by atoms with van der Waals surface area (Å²) in [5.41, 5.74) is 2.42. The maximum Gasteiger partial charge on any atom is 0.0469 e. The highest BCUT2D eigenvalue weighted by Crippen LogP contribution is 2.31. The van der Waals surface area contributed by atoms with E-state index in [9.17, 15) is 0 Å². The molecule has 1 heterocycles. The smallest absolute Gasteiger partial charge is 0.0469 e. The van der Waals surface area contributed by atoms with Crippen molar-refractivity contribution in [1.29, 1.82) is 0 Å². The van der Waals surface area contributed by atoms with Crippen molar-refractivity contribution in [1.82, 2.24) is 5.32 Å². The summed E-state index contributed by atoms with van der Waals surface area (Å²) in [4.78, 5) is 0. The Morgan fingerprint density at radius 2 is 2.06 bits per heavy atom. The van der Waals surface area contributed by atoms with Crippen molar-refractivity contribution in [3.05, 3.63) is 34.3 Å². The maximum absolute atomic E-state index is 6.20. The molecule has 0 bridgehead atoms. The van der Waals surface area contributed by atoms with E-state index in [0.29, 0.717) is 12.0 Å². The second-order valence-electron chi connectivity index (χ2n) is 4.72. The summed E-state index contributed by atoms with van der Waals surface area (Å²) in [6, 6.07) is 6.75. The first-order valence-corrected chi connectivity index (χ1v) is 6.61. The van der Waals surface area contributed by atoms with Crippen LogP contribution in [0.1, 0.15) is 30.0 Å². The predicted molar refractivity (Wildman–Crippen MR) is 71.5 cm³/mol. The lowest BCUT2D eigenvalue weighted by Gasteiger charge is -2.30. The van der Waals surface area contributed by atoms with Gasteiger partial charge in [0.25, 0.3) is 0 Å². The fourth-order valence-electron chi connectivity index (χ4n) is 2.53. The van der Waals surface area contributed by atoms with Crippen LogP contribution in [-0.4, -0.2) is 20.3 Å². The lowest BCUT2D eigenvalue weighted by molar-refractivity contribution is 0.0546. The fraction of sp³-hybridized carbons (Fsp3) is 0.571. The third-order valence-corrected chi connectivity index (χ3v) is 4.01. The van der Waals surface area contributed by atoms with Crippen LogP contribution in [0.15, 0.2) is 18.2 Å². The molecule has 1 saturated heterocycles. The summed E-state index contributed by atoms with van der Waals surface area (Å²) in [7, 11) is 2.02. The van der Waals surface area contributed by atoms with Crippen molar-refractivity contribution in [2.24, 2.45) is 5.92 Å². The van der Waals surface area contributed by atoms with Gasteiger partial charge >= 0.3 is 0 Å². The summed E-state index contributed by atoms with van der Waals surface area (Å²) in [5, 5.41) is 4.28. The molecule has 0 amide bonds. The minimum atomic E-state index is 0.386. The number of ether oxygens (including phenoxy) is 1. The van der Waals surface area contributed by atoms with Gasteiger partial charge < -0.3 is 10.1 Å². The molecular formula is C14H20ClNO. The van der Waals surface area contributed by atoms with E-state index < -0.39 is 0 Å². The summed E-state index contributed by atoms with van der Waals surface area (Å²) < 4.78 is 5.42.